The Bertz CT molecular complexity index is 583. The molecule has 0 heteroatoms. The molecular formula is C25H40. The molecule has 8 atom stereocenters. The lowest BCUT2D eigenvalue weighted by molar-refractivity contribution is -0.0505. The maximum atomic E-state index is 4.43. The molecule has 0 N–H and O–H groups in total. The second kappa shape index (κ2) is 6.00. The summed E-state index contributed by atoms with van der Waals surface area (Å²) in [5.74, 6) is 5.29. The third-order valence-electron chi connectivity index (χ3n) is 9.65. The second-order valence-corrected chi connectivity index (χ2v) is 11.1. The van der Waals surface area contributed by atoms with Crippen molar-refractivity contribution < 1.29 is 0 Å². The van der Waals surface area contributed by atoms with Gasteiger partial charge in [0.25, 0.3) is 0 Å². The molecule has 0 amide bonds. The van der Waals surface area contributed by atoms with E-state index in [1.54, 1.807) is 5.57 Å². The van der Waals surface area contributed by atoms with Gasteiger partial charge in [-0.2, -0.15) is 0 Å². The highest BCUT2D eigenvalue weighted by Gasteiger charge is 2.57. The molecule has 0 aliphatic heterocycles. The fraction of sp³-hybridized carbons (Fsp3) is 0.840. The minimum absolute atomic E-state index is 0.556. The Morgan fingerprint density at radius 1 is 1.08 bits per heavy atom. The second-order valence-electron chi connectivity index (χ2n) is 11.1. The normalized spacial score (nSPS) is 52.4. The zero-order valence-corrected chi connectivity index (χ0v) is 17.4. The standard InChI is InChI=1S/C25H40/c1-16(2)19-11-12-24(5)13-14-25(6)15-21-18(4)7-9-20(21)17(3)8-10-22(25)23(19)24/h8,18-23H,1,7,9-15H2,2-6H3/t18-,19+,20-,21-,22-,23-,24-,25+/m0/s1. The lowest BCUT2D eigenvalue weighted by Crippen LogP contribution is -2.48. The first-order valence-corrected chi connectivity index (χ1v) is 11.1. The van der Waals surface area contributed by atoms with Crippen LogP contribution >= 0.6 is 0 Å². The molecule has 0 heterocycles. The maximum Gasteiger partial charge on any atom is -0.0172 e. The summed E-state index contributed by atoms with van der Waals surface area (Å²) in [7, 11) is 0. The number of rotatable bonds is 1. The first kappa shape index (κ1) is 17.9. The molecule has 0 saturated heterocycles. The summed E-state index contributed by atoms with van der Waals surface area (Å²) < 4.78 is 0. The van der Waals surface area contributed by atoms with Crippen LogP contribution in [0.25, 0.3) is 0 Å². The lowest BCUT2D eigenvalue weighted by Gasteiger charge is -2.56. The Morgan fingerprint density at radius 3 is 2.52 bits per heavy atom. The third-order valence-corrected chi connectivity index (χ3v) is 9.65. The molecule has 4 aliphatic carbocycles. The Balaban J connectivity index is 1.74. The first-order valence-electron chi connectivity index (χ1n) is 11.1. The predicted octanol–water partition coefficient (Wildman–Crippen LogP) is 7.41. The van der Waals surface area contributed by atoms with Crippen LogP contribution in [0, 0.1) is 46.3 Å². The fourth-order valence-corrected chi connectivity index (χ4v) is 7.98. The Hall–Kier alpha value is -0.520. The van der Waals surface area contributed by atoms with E-state index in [2.05, 4.69) is 47.3 Å². The van der Waals surface area contributed by atoms with E-state index in [0.717, 1.165) is 35.5 Å². The smallest absolute Gasteiger partial charge is 0.0172 e. The van der Waals surface area contributed by atoms with Crippen LogP contribution in [0.4, 0.5) is 0 Å². The van der Waals surface area contributed by atoms with Gasteiger partial charge in [-0.25, -0.2) is 0 Å². The highest BCUT2D eigenvalue weighted by molar-refractivity contribution is 5.18. The summed E-state index contributed by atoms with van der Waals surface area (Å²) in [4.78, 5) is 0. The summed E-state index contributed by atoms with van der Waals surface area (Å²) in [6.07, 6.45) is 14.2. The van der Waals surface area contributed by atoms with Crippen LogP contribution in [0.5, 0.6) is 0 Å². The third kappa shape index (κ3) is 2.69. The largest absolute Gasteiger partial charge is 0.0998 e. The van der Waals surface area contributed by atoms with E-state index in [-0.39, 0.29) is 0 Å². The average Bonchev–Trinajstić information content (AvgIpc) is 3.07. The van der Waals surface area contributed by atoms with E-state index in [1.807, 2.05) is 0 Å². The molecule has 0 aromatic rings. The van der Waals surface area contributed by atoms with E-state index in [1.165, 1.54) is 56.9 Å². The summed E-state index contributed by atoms with van der Waals surface area (Å²) in [5.41, 5.74) is 4.33. The van der Waals surface area contributed by atoms with E-state index >= 15 is 0 Å². The van der Waals surface area contributed by atoms with Gasteiger partial charge in [0.15, 0.2) is 0 Å². The molecule has 25 heavy (non-hydrogen) atoms. The van der Waals surface area contributed by atoms with Crippen LogP contribution in [-0.4, -0.2) is 0 Å². The molecular weight excluding hydrogens is 300 g/mol. The lowest BCUT2D eigenvalue weighted by atomic mass is 9.49. The van der Waals surface area contributed by atoms with E-state index < -0.39 is 0 Å². The summed E-state index contributed by atoms with van der Waals surface area (Å²) in [6, 6.07) is 0. The van der Waals surface area contributed by atoms with Gasteiger partial charge >= 0.3 is 0 Å². The summed E-state index contributed by atoms with van der Waals surface area (Å²) >= 11 is 0. The highest BCUT2D eigenvalue weighted by atomic mass is 14.6. The SMILES string of the molecule is C=C(C)[C@H]1CC[C@@]2(C)CC[C@]3(C)C[C@H]4[C@@H](C)CC[C@H]4C(C)=CC[C@H]3[C@H]12. The fourth-order valence-electron chi connectivity index (χ4n) is 7.98. The summed E-state index contributed by atoms with van der Waals surface area (Å²) in [5, 5.41) is 0. The number of hydrogen-bond donors (Lipinski definition) is 0. The first-order chi connectivity index (χ1) is 11.8. The number of allylic oxidation sites excluding steroid dienone is 3. The highest BCUT2D eigenvalue weighted by Crippen LogP contribution is 2.66. The van der Waals surface area contributed by atoms with Crippen molar-refractivity contribution in [3.63, 3.8) is 0 Å². The molecule has 0 unspecified atom stereocenters. The zero-order valence-electron chi connectivity index (χ0n) is 17.4. The van der Waals surface area contributed by atoms with Gasteiger partial charge in [-0.05, 0) is 112 Å². The minimum atomic E-state index is 0.556. The minimum Gasteiger partial charge on any atom is -0.0998 e. The van der Waals surface area contributed by atoms with Crippen molar-refractivity contribution in [3.8, 4) is 0 Å². The van der Waals surface area contributed by atoms with Crippen molar-refractivity contribution in [2.45, 2.75) is 86.0 Å². The monoisotopic (exact) mass is 340 g/mol. The van der Waals surface area contributed by atoms with Crippen LogP contribution in [0.3, 0.4) is 0 Å². The van der Waals surface area contributed by atoms with Crippen molar-refractivity contribution in [1.29, 1.82) is 0 Å². The van der Waals surface area contributed by atoms with Gasteiger partial charge in [-0.15, -0.1) is 0 Å². The Labute approximate surface area is 156 Å². The molecule has 140 valence electrons. The van der Waals surface area contributed by atoms with Crippen molar-refractivity contribution in [2.75, 3.05) is 0 Å². The Morgan fingerprint density at radius 2 is 1.80 bits per heavy atom. The Kier molecular flexibility index (Phi) is 4.29. The van der Waals surface area contributed by atoms with Gasteiger partial charge in [0.05, 0.1) is 0 Å². The van der Waals surface area contributed by atoms with Crippen LogP contribution in [0.2, 0.25) is 0 Å². The van der Waals surface area contributed by atoms with Crippen LogP contribution in [0.15, 0.2) is 23.8 Å². The van der Waals surface area contributed by atoms with E-state index in [0.29, 0.717) is 10.8 Å². The van der Waals surface area contributed by atoms with Crippen LogP contribution < -0.4 is 0 Å². The van der Waals surface area contributed by atoms with Gasteiger partial charge in [0.2, 0.25) is 0 Å². The molecule has 0 aromatic heterocycles. The molecule has 0 aromatic carbocycles. The van der Waals surface area contributed by atoms with Crippen molar-refractivity contribution in [2.24, 2.45) is 46.3 Å². The van der Waals surface area contributed by atoms with E-state index in [9.17, 15) is 0 Å². The topological polar surface area (TPSA) is 0 Å². The van der Waals surface area contributed by atoms with Gasteiger partial charge in [-0.3, -0.25) is 0 Å². The van der Waals surface area contributed by atoms with Gasteiger partial charge in [0.1, 0.15) is 0 Å². The molecule has 0 nitrogen and oxygen atoms in total. The van der Waals surface area contributed by atoms with Crippen molar-refractivity contribution in [3.05, 3.63) is 23.8 Å². The molecule has 0 spiro atoms. The summed E-state index contributed by atoms with van der Waals surface area (Å²) in [6.45, 7) is 17.0. The molecule has 3 saturated carbocycles. The average molecular weight is 341 g/mol. The van der Waals surface area contributed by atoms with Gasteiger partial charge in [0, 0.05) is 0 Å². The van der Waals surface area contributed by atoms with Crippen molar-refractivity contribution >= 4 is 0 Å². The molecule has 0 bridgehead atoms. The maximum absolute atomic E-state index is 4.43. The molecule has 0 radical (unpaired) electrons. The van der Waals surface area contributed by atoms with Crippen LogP contribution in [0.1, 0.15) is 86.0 Å². The zero-order chi connectivity index (χ0) is 18.0. The van der Waals surface area contributed by atoms with Gasteiger partial charge < -0.3 is 0 Å². The van der Waals surface area contributed by atoms with Crippen LogP contribution in [-0.2, 0) is 0 Å². The quantitative estimate of drug-likeness (QED) is 0.436. The van der Waals surface area contributed by atoms with Gasteiger partial charge in [-0.1, -0.05) is 44.6 Å². The van der Waals surface area contributed by atoms with E-state index in [4.69, 9.17) is 0 Å². The number of hydrogen-bond acceptors (Lipinski definition) is 0. The molecule has 4 rings (SSSR count). The van der Waals surface area contributed by atoms with Crippen molar-refractivity contribution in [1.82, 2.24) is 0 Å². The molecule has 3 fully saturated rings. The predicted molar refractivity (Wildman–Crippen MR) is 108 cm³/mol. The molecule has 4 aliphatic rings. The number of fused-ring (bicyclic) bond motifs is 4.